The topological polar surface area (TPSA) is 34.4 Å². The Morgan fingerprint density at radius 3 is 2.71 bits per heavy atom. The fourth-order valence-electron chi connectivity index (χ4n) is 2.08. The van der Waals surface area contributed by atoms with Crippen LogP contribution in [-0.4, -0.2) is 14.2 Å². The second kappa shape index (κ2) is 4.80. The van der Waals surface area contributed by atoms with Gasteiger partial charge in [0.2, 0.25) is 0 Å². The number of nitrogens with one attached hydrogen (secondary N) is 1. The Morgan fingerprint density at radius 2 is 2.12 bits per heavy atom. The summed E-state index contributed by atoms with van der Waals surface area (Å²) >= 11 is 0. The number of furan rings is 1. The van der Waals surface area contributed by atoms with Gasteiger partial charge in [-0.25, -0.2) is 0 Å². The summed E-state index contributed by atoms with van der Waals surface area (Å²) in [5, 5.41) is 4.28. The molecule has 0 amide bonds. The third kappa shape index (κ3) is 2.03. The molecule has 2 aromatic rings. The van der Waals surface area contributed by atoms with Crippen LogP contribution in [0, 0.1) is 6.92 Å². The van der Waals surface area contributed by atoms with Crippen LogP contribution in [0.15, 0.2) is 16.5 Å². The minimum atomic E-state index is 0.741. The summed E-state index contributed by atoms with van der Waals surface area (Å²) in [6.45, 7) is 4.98. The molecule has 0 radical (unpaired) electrons. The van der Waals surface area contributed by atoms with E-state index in [-0.39, 0.29) is 0 Å². The van der Waals surface area contributed by atoms with E-state index in [0.29, 0.717) is 0 Å². The quantitative estimate of drug-likeness (QED) is 0.881. The molecule has 0 saturated heterocycles. The normalized spacial score (nSPS) is 11.1. The molecule has 0 aliphatic heterocycles. The predicted molar refractivity (Wildman–Crippen MR) is 69.6 cm³/mol. The number of methoxy groups -OCH3 is 1. The van der Waals surface area contributed by atoms with Gasteiger partial charge in [-0.05, 0) is 43.7 Å². The molecular formula is C14H19NO2. The van der Waals surface area contributed by atoms with Crippen molar-refractivity contribution in [3.05, 3.63) is 29.0 Å². The molecule has 1 aromatic heterocycles. The number of ether oxygens (including phenoxy) is 1. The van der Waals surface area contributed by atoms with Gasteiger partial charge in [0.1, 0.15) is 5.76 Å². The number of fused-ring (bicyclic) bond motifs is 1. The zero-order valence-electron chi connectivity index (χ0n) is 10.9. The highest BCUT2D eigenvalue weighted by atomic mass is 16.5. The molecule has 0 bridgehead atoms. The van der Waals surface area contributed by atoms with Crippen molar-refractivity contribution in [3.8, 4) is 5.75 Å². The van der Waals surface area contributed by atoms with E-state index in [4.69, 9.17) is 9.15 Å². The lowest BCUT2D eigenvalue weighted by Crippen LogP contribution is -2.04. The molecule has 1 heterocycles. The summed E-state index contributed by atoms with van der Waals surface area (Å²) in [6, 6.07) is 4.24. The summed E-state index contributed by atoms with van der Waals surface area (Å²) in [5.41, 5.74) is 3.32. The number of aryl methyl sites for hydroxylation is 2. The molecule has 3 heteroatoms. The monoisotopic (exact) mass is 233 g/mol. The summed E-state index contributed by atoms with van der Waals surface area (Å²) in [4.78, 5) is 0. The van der Waals surface area contributed by atoms with E-state index in [2.05, 4.69) is 31.3 Å². The Balaban J connectivity index is 2.67. The van der Waals surface area contributed by atoms with Gasteiger partial charge in [-0.1, -0.05) is 6.92 Å². The van der Waals surface area contributed by atoms with Gasteiger partial charge in [-0.2, -0.15) is 0 Å². The van der Waals surface area contributed by atoms with Crippen molar-refractivity contribution in [2.45, 2.75) is 26.8 Å². The third-order valence-electron chi connectivity index (χ3n) is 3.13. The largest absolute Gasteiger partial charge is 0.493 e. The first-order valence-corrected chi connectivity index (χ1v) is 5.94. The molecule has 3 nitrogen and oxygen atoms in total. The average Bonchev–Trinajstić information content (AvgIpc) is 2.66. The first-order chi connectivity index (χ1) is 8.21. The van der Waals surface area contributed by atoms with Gasteiger partial charge in [-0.15, -0.1) is 0 Å². The molecule has 92 valence electrons. The molecule has 1 aromatic carbocycles. The highest BCUT2D eigenvalue weighted by Crippen LogP contribution is 2.33. The smallest absolute Gasteiger partial charge is 0.176 e. The van der Waals surface area contributed by atoms with Crippen molar-refractivity contribution < 1.29 is 9.15 Å². The fraction of sp³-hybridized carbons (Fsp3) is 0.429. The van der Waals surface area contributed by atoms with E-state index >= 15 is 0 Å². The van der Waals surface area contributed by atoms with E-state index in [1.807, 2.05) is 7.05 Å². The van der Waals surface area contributed by atoms with Crippen molar-refractivity contribution in [1.29, 1.82) is 0 Å². The highest BCUT2D eigenvalue weighted by Gasteiger charge is 2.14. The van der Waals surface area contributed by atoms with E-state index in [0.717, 1.165) is 35.4 Å². The van der Waals surface area contributed by atoms with Gasteiger partial charge in [-0.3, -0.25) is 0 Å². The molecule has 0 aliphatic rings. The van der Waals surface area contributed by atoms with Crippen LogP contribution < -0.4 is 10.1 Å². The molecule has 2 rings (SSSR count). The molecule has 0 saturated carbocycles. The lowest BCUT2D eigenvalue weighted by molar-refractivity contribution is 0.406. The van der Waals surface area contributed by atoms with Crippen LogP contribution in [-0.2, 0) is 13.0 Å². The summed E-state index contributed by atoms with van der Waals surface area (Å²) in [6.07, 6.45) is 0.998. The lowest BCUT2D eigenvalue weighted by Gasteiger charge is -2.03. The van der Waals surface area contributed by atoms with Crippen LogP contribution in [0.3, 0.4) is 0 Å². The van der Waals surface area contributed by atoms with Gasteiger partial charge in [0.05, 0.1) is 13.7 Å². The Labute approximate surface area is 102 Å². The van der Waals surface area contributed by atoms with Crippen LogP contribution >= 0.6 is 0 Å². The second-order valence-corrected chi connectivity index (χ2v) is 4.21. The van der Waals surface area contributed by atoms with E-state index in [9.17, 15) is 0 Å². The summed E-state index contributed by atoms with van der Waals surface area (Å²) < 4.78 is 11.3. The third-order valence-corrected chi connectivity index (χ3v) is 3.13. The Bertz CT molecular complexity index is 528. The van der Waals surface area contributed by atoms with E-state index < -0.39 is 0 Å². The SMILES string of the molecule is CCc1cc(OC)c2oc(CNC)c(C)c2c1. The zero-order chi connectivity index (χ0) is 12.4. The molecular weight excluding hydrogens is 214 g/mol. The Kier molecular flexibility index (Phi) is 3.38. The fourth-order valence-corrected chi connectivity index (χ4v) is 2.08. The molecule has 17 heavy (non-hydrogen) atoms. The van der Waals surface area contributed by atoms with Crippen molar-refractivity contribution in [3.63, 3.8) is 0 Å². The maximum atomic E-state index is 5.87. The maximum Gasteiger partial charge on any atom is 0.176 e. The van der Waals surface area contributed by atoms with Crippen LogP contribution in [0.5, 0.6) is 5.75 Å². The standard InChI is InChI=1S/C14H19NO2/c1-5-10-6-11-9(2)13(8-15-3)17-14(11)12(7-10)16-4/h6-7,15H,5,8H2,1-4H3. The van der Waals surface area contributed by atoms with Crippen LogP contribution in [0.4, 0.5) is 0 Å². The first kappa shape index (κ1) is 12.0. The van der Waals surface area contributed by atoms with Gasteiger partial charge >= 0.3 is 0 Å². The van der Waals surface area contributed by atoms with Crippen molar-refractivity contribution in [1.82, 2.24) is 5.32 Å². The van der Waals surface area contributed by atoms with Gasteiger partial charge in [0.15, 0.2) is 11.3 Å². The zero-order valence-corrected chi connectivity index (χ0v) is 10.9. The summed E-state index contributed by atoms with van der Waals surface area (Å²) in [7, 11) is 3.60. The first-order valence-electron chi connectivity index (χ1n) is 5.94. The Hall–Kier alpha value is -1.48. The molecule has 0 atom stereocenters. The number of rotatable bonds is 4. The minimum Gasteiger partial charge on any atom is -0.493 e. The van der Waals surface area contributed by atoms with Crippen LogP contribution in [0.25, 0.3) is 11.0 Å². The van der Waals surface area contributed by atoms with Crippen LogP contribution in [0.2, 0.25) is 0 Å². The lowest BCUT2D eigenvalue weighted by atomic mass is 10.1. The minimum absolute atomic E-state index is 0.741. The summed E-state index contributed by atoms with van der Waals surface area (Å²) in [5.74, 6) is 1.80. The number of hydrogen-bond acceptors (Lipinski definition) is 3. The van der Waals surface area contributed by atoms with Gasteiger partial charge in [0.25, 0.3) is 0 Å². The van der Waals surface area contributed by atoms with Crippen molar-refractivity contribution >= 4 is 11.0 Å². The Morgan fingerprint density at radius 1 is 1.35 bits per heavy atom. The molecule has 0 aliphatic carbocycles. The van der Waals surface area contributed by atoms with Crippen molar-refractivity contribution in [2.75, 3.05) is 14.2 Å². The van der Waals surface area contributed by atoms with Gasteiger partial charge < -0.3 is 14.5 Å². The number of hydrogen-bond donors (Lipinski definition) is 1. The average molecular weight is 233 g/mol. The van der Waals surface area contributed by atoms with Crippen LogP contribution in [0.1, 0.15) is 23.8 Å². The van der Waals surface area contributed by atoms with Gasteiger partial charge in [0, 0.05) is 5.39 Å². The molecule has 0 fully saturated rings. The number of benzene rings is 1. The molecule has 0 unspecified atom stereocenters. The highest BCUT2D eigenvalue weighted by molar-refractivity contribution is 5.88. The van der Waals surface area contributed by atoms with Crippen molar-refractivity contribution in [2.24, 2.45) is 0 Å². The van der Waals surface area contributed by atoms with E-state index in [1.54, 1.807) is 7.11 Å². The maximum absolute atomic E-state index is 5.87. The molecule has 0 spiro atoms. The molecule has 1 N–H and O–H groups in total. The van der Waals surface area contributed by atoms with E-state index in [1.165, 1.54) is 11.1 Å². The predicted octanol–water partition coefficient (Wildman–Crippen LogP) is 3.03. The second-order valence-electron chi connectivity index (χ2n) is 4.21.